The molecule has 3 aromatic rings. The molecule has 0 saturated carbocycles. The molecule has 2 heterocycles. The molecule has 3 rings (SSSR count). The van der Waals surface area contributed by atoms with Gasteiger partial charge in [0.05, 0.1) is 23.4 Å². The maximum atomic E-state index is 12.3. The van der Waals surface area contributed by atoms with E-state index >= 15 is 0 Å². The molecule has 0 atom stereocenters. The van der Waals surface area contributed by atoms with Gasteiger partial charge in [0.25, 0.3) is 0 Å². The highest BCUT2D eigenvalue weighted by Crippen LogP contribution is 2.31. The highest BCUT2D eigenvalue weighted by molar-refractivity contribution is 6.01. The molecule has 0 spiro atoms. The summed E-state index contributed by atoms with van der Waals surface area (Å²) in [6, 6.07) is 15.9. The predicted octanol–water partition coefficient (Wildman–Crippen LogP) is 4.09. The molecular formula is C18H17NO2. The van der Waals surface area contributed by atoms with Gasteiger partial charge in [-0.25, -0.2) is 4.79 Å². The number of nitrogens with zero attached hydrogens (tertiary/aromatic N) is 1. The van der Waals surface area contributed by atoms with Gasteiger partial charge in [0.1, 0.15) is 0 Å². The summed E-state index contributed by atoms with van der Waals surface area (Å²) < 4.78 is 7.27. The average Bonchev–Trinajstić information content (AvgIpc) is 2.80. The van der Waals surface area contributed by atoms with Gasteiger partial charge in [0.2, 0.25) is 0 Å². The normalized spacial score (nSPS) is 10.8. The summed E-state index contributed by atoms with van der Waals surface area (Å²) in [5.74, 6) is -0.263. The molecule has 106 valence electrons. The highest BCUT2D eigenvalue weighted by atomic mass is 16.5. The second-order valence-corrected chi connectivity index (χ2v) is 4.89. The number of carbonyl (C=O) groups is 1. The van der Waals surface area contributed by atoms with Crippen LogP contribution in [-0.2, 0) is 4.74 Å². The fraction of sp³-hybridized carbons (Fsp3) is 0.167. The third-order valence-electron chi connectivity index (χ3n) is 3.61. The Hall–Kier alpha value is -2.55. The van der Waals surface area contributed by atoms with Crippen molar-refractivity contribution in [1.82, 2.24) is 4.40 Å². The number of aromatic nitrogens is 1. The molecule has 0 aliphatic rings. The quantitative estimate of drug-likeness (QED) is 0.676. The van der Waals surface area contributed by atoms with E-state index in [0.29, 0.717) is 12.2 Å². The number of hydrogen-bond acceptors (Lipinski definition) is 2. The Labute approximate surface area is 123 Å². The van der Waals surface area contributed by atoms with E-state index in [1.807, 2.05) is 56.4 Å². The molecule has 0 unspecified atom stereocenters. The molecule has 0 aliphatic carbocycles. The van der Waals surface area contributed by atoms with E-state index in [1.54, 1.807) is 0 Å². The molecule has 2 aromatic heterocycles. The van der Waals surface area contributed by atoms with Crippen molar-refractivity contribution in [1.29, 1.82) is 0 Å². The van der Waals surface area contributed by atoms with Gasteiger partial charge in [0, 0.05) is 6.20 Å². The third kappa shape index (κ3) is 2.21. The zero-order valence-electron chi connectivity index (χ0n) is 12.2. The first-order valence-corrected chi connectivity index (χ1v) is 7.06. The zero-order valence-corrected chi connectivity index (χ0v) is 12.2. The SMILES string of the molecule is CCOC(=O)c1c(C)c(-c2ccccc2)n2ccccc12. The smallest absolute Gasteiger partial charge is 0.340 e. The van der Waals surface area contributed by atoms with Crippen molar-refractivity contribution in [3.05, 3.63) is 65.9 Å². The van der Waals surface area contributed by atoms with Crippen molar-refractivity contribution in [3.8, 4) is 11.3 Å². The van der Waals surface area contributed by atoms with Crippen molar-refractivity contribution >= 4 is 11.5 Å². The molecule has 3 heteroatoms. The van der Waals surface area contributed by atoms with Crippen LogP contribution in [0.25, 0.3) is 16.8 Å². The molecule has 0 amide bonds. The van der Waals surface area contributed by atoms with Crippen LogP contribution in [-0.4, -0.2) is 17.0 Å². The lowest BCUT2D eigenvalue weighted by molar-refractivity contribution is 0.0528. The van der Waals surface area contributed by atoms with E-state index in [0.717, 1.165) is 22.3 Å². The van der Waals surface area contributed by atoms with Crippen molar-refractivity contribution in [2.24, 2.45) is 0 Å². The molecule has 0 N–H and O–H groups in total. The molecule has 0 fully saturated rings. The Morgan fingerprint density at radius 2 is 1.81 bits per heavy atom. The van der Waals surface area contributed by atoms with E-state index in [9.17, 15) is 4.79 Å². The van der Waals surface area contributed by atoms with E-state index in [2.05, 4.69) is 16.5 Å². The first kappa shape index (κ1) is 13.4. The lowest BCUT2D eigenvalue weighted by Crippen LogP contribution is -2.05. The van der Waals surface area contributed by atoms with Crippen molar-refractivity contribution in [2.45, 2.75) is 13.8 Å². The second-order valence-electron chi connectivity index (χ2n) is 4.89. The van der Waals surface area contributed by atoms with E-state index in [4.69, 9.17) is 4.74 Å². The van der Waals surface area contributed by atoms with E-state index in [-0.39, 0.29) is 5.97 Å². The minimum Gasteiger partial charge on any atom is -0.462 e. The molecule has 21 heavy (non-hydrogen) atoms. The van der Waals surface area contributed by atoms with Crippen LogP contribution >= 0.6 is 0 Å². The summed E-state index contributed by atoms with van der Waals surface area (Å²) in [6.45, 7) is 4.17. The molecule has 1 aromatic carbocycles. The maximum absolute atomic E-state index is 12.3. The Morgan fingerprint density at radius 3 is 2.52 bits per heavy atom. The Balaban J connectivity index is 2.31. The van der Waals surface area contributed by atoms with Crippen molar-refractivity contribution < 1.29 is 9.53 Å². The van der Waals surface area contributed by atoms with Crippen molar-refractivity contribution in [2.75, 3.05) is 6.61 Å². The zero-order chi connectivity index (χ0) is 14.8. The Kier molecular flexibility index (Phi) is 3.48. The second kappa shape index (κ2) is 5.44. The van der Waals surface area contributed by atoms with Gasteiger partial charge in [-0.3, -0.25) is 0 Å². The van der Waals surface area contributed by atoms with Crippen LogP contribution in [0.1, 0.15) is 22.8 Å². The first-order valence-electron chi connectivity index (χ1n) is 7.06. The van der Waals surface area contributed by atoms with Gasteiger partial charge in [-0.1, -0.05) is 36.4 Å². The largest absolute Gasteiger partial charge is 0.462 e. The number of esters is 1. The topological polar surface area (TPSA) is 30.7 Å². The number of hydrogen-bond donors (Lipinski definition) is 0. The van der Waals surface area contributed by atoms with Gasteiger partial charge in [0.15, 0.2) is 0 Å². The van der Waals surface area contributed by atoms with Gasteiger partial charge < -0.3 is 9.14 Å². The van der Waals surface area contributed by atoms with Crippen LogP contribution in [0.3, 0.4) is 0 Å². The third-order valence-corrected chi connectivity index (χ3v) is 3.61. The number of pyridine rings is 1. The maximum Gasteiger partial charge on any atom is 0.340 e. The standard InChI is InChI=1S/C18H17NO2/c1-3-21-18(20)16-13(2)17(14-9-5-4-6-10-14)19-12-8-7-11-15(16)19/h4-12H,3H2,1-2H3. The number of benzene rings is 1. The number of fused-ring (bicyclic) bond motifs is 1. The molecule has 3 nitrogen and oxygen atoms in total. The summed E-state index contributed by atoms with van der Waals surface area (Å²) in [7, 11) is 0. The fourth-order valence-corrected chi connectivity index (χ4v) is 2.75. The molecule has 0 radical (unpaired) electrons. The first-order chi connectivity index (χ1) is 10.2. The summed E-state index contributed by atoms with van der Waals surface area (Å²) in [4.78, 5) is 12.3. The minimum absolute atomic E-state index is 0.263. The highest BCUT2D eigenvalue weighted by Gasteiger charge is 2.21. The van der Waals surface area contributed by atoms with Crippen LogP contribution < -0.4 is 0 Å². The van der Waals surface area contributed by atoms with Crippen LogP contribution in [0, 0.1) is 6.92 Å². The summed E-state index contributed by atoms with van der Waals surface area (Å²) in [5.41, 5.74) is 4.61. The number of ether oxygens (including phenoxy) is 1. The molecule has 0 saturated heterocycles. The van der Waals surface area contributed by atoms with Crippen LogP contribution in [0.2, 0.25) is 0 Å². The lowest BCUT2D eigenvalue weighted by atomic mass is 10.1. The number of carbonyl (C=O) groups excluding carboxylic acids is 1. The molecular weight excluding hydrogens is 262 g/mol. The van der Waals surface area contributed by atoms with Gasteiger partial charge >= 0.3 is 5.97 Å². The van der Waals surface area contributed by atoms with Gasteiger partial charge in [-0.15, -0.1) is 0 Å². The molecule has 0 aliphatic heterocycles. The Bertz CT molecular complexity index is 788. The minimum atomic E-state index is -0.263. The van der Waals surface area contributed by atoms with E-state index < -0.39 is 0 Å². The fourth-order valence-electron chi connectivity index (χ4n) is 2.75. The summed E-state index contributed by atoms with van der Waals surface area (Å²) >= 11 is 0. The van der Waals surface area contributed by atoms with Crippen LogP contribution in [0.5, 0.6) is 0 Å². The summed E-state index contributed by atoms with van der Waals surface area (Å²) in [6.07, 6.45) is 1.98. The lowest BCUT2D eigenvalue weighted by Gasteiger charge is -2.04. The Morgan fingerprint density at radius 1 is 1.10 bits per heavy atom. The predicted molar refractivity (Wildman–Crippen MR) is 83.5 cm³/mol. The van der Waals surface area contributed by atoms with Crippen LogP contribution in [0.15, 0.2) is 54.7 Å². The van der Waals surface area contributed by atoms with E-state index in [1.165, 1.54) is 0 Å². The monoisotopic (exact) mass is 279 g/mol. The average molecular weight is 279 g/mol. The van der Waals surface area contributed by atoms with Gasteiger partial charge in [-0.2, -0.15) is 0 Å². The van der Waals surface area contributed by atoms with Gasteiger partial charge in [-0.05, 0) is 37.1 Å². The number of rotatable bonds is 3. The van der Waals surface area contributed by atoms with Crippen LogP contribution in [0.4, 0.5) is 0 Å². The van der Waals surface area contributed by atoms with Crippen molar-refractivity contribution in [3.63, 3.8) is 0 Å². The molecule has 0 bridgehead atoms. The summed E-state index contributed by atoms with van der Waals surface area (Å²) in [5, 5.41) is 0.